The molecule has 2 unspecified atom stereocenters. The predicted molar refractivity (Wildman–Crippen MR) is 64.3 cm³/mol. The van der Waals surface area contributed by atoms with Crippen LogP contribution in [0.4, 0.5) is 5.69 Å². The third-order valence-corrected chi connectivity index (χ3v) is 3.33. The van der Waals surface area contributed by atoms with Crippen molar-refractivity contribution >= 4 is 11.6 Å². The van der Waals surface area contributed by atoms with Gasteiger partial charge in [-0.05, 0) is 24.5 Å². The van der Waals surface area contributed by atoms with Gasteiger partial charge >= 0.3 is 0 Å². The second kappa shape index (κ2) is 4.71. The first-order valence-corrected chi connectivity index (χ1v) is 5.77. The Kier molecular flexibility index (Phi) is 3.28. The van der Waals surface area contributed by atoms with E-state index in [1.165, 1.54) is 6.20 Å². The molecule has 5 nitrogen and oxygen atoms in total. The molecule has 2 atom stereocenters. The van der Waals surface area contributed by atoms with Crippen molar-refractivity contribution in [3.8, 4) is 0 Å². The summed E-state index contributed by atoms with van der Waals surface area (Å²) in [5.74, 6) is 0.172. The van der Waals surface area contributed by atoms with E-state index in [0.717, 1.165) is 6.42 Å². The minimum absolute atomic E-state index is 0.00474. The summed E-state index contributed by atoms with van der Waals surface area (Å²) < 4.78 is 0. The molecule has 3 N–H and O–H groups in total. The summed E-state index contributed by atoms with van der Waals surface area (Å²) in [5, 5.41) is 9.32. The van der Waals surface area contributed by atoms with Crippen LogP contribution in [0.5, 0.6) is 0 Å². The number of aromatic nitrogens is 1. The number of amides is 1. The number of nitrogens with two attached hydrogens (primary N) is 1. The quantitative estimate of drug-likeness (QED) is 0.782. The van der Waals surface area contributed by atoms with Crippen molar-refractivity contribution in [2.75, 3.05) is 18.9 Å². The first-order valence-electron chi connectivity index (χ1n) is 5.77. The largest absolute Gasteiger partial charge is 0.399 e. The van der Waals surface area contributed by atoms with E-state index in [1.54, 1.807) is 17.0 Å². The normalized spacial score (nSPS) is 24.0. The van der Waals surface area contributed by atoms with Crippen LogP contribution >= 0.6 is 0 Å². The molecule has 5 heteroatoms. The molecule has 17 heavy (non-hydrogen) atoms. The van der Waals surface area contributed by atoms with Gasteiger partial charge in [0.1, 0.15) is 5.69 Å². The number of nitrogen functional groups attached to an aromatic ring is 1. The van der Waals surface area contributed by atoms with Gasteiger partial charge < -0.3 is 15.7 Å². The molecule has 0 spiro atoms. The Balaban J connectivity index is 2.20. The van der Waals surface area contributed by atoms with Crippen molar-refractivity contribution in [1.29, 1.82) is 0 Å². The molecule has 0 bridgehead atoms. The molecule has 0 saturated carbocycles. The minimum atomic E-state index is -0.152. The number of carbonyl (C=O) groups is 1. The fourth-order valence-corrected chi connectivity index (χ4v) is 2.25. The molecule has 0 aliphatic carbocycles. The monoisotopic (exact) mass is 235 g/mol. The molecular weight excluding hydrogens is 218 g/mol. The molecule has 0 aromatic carbocycles. The number of rotatable bonds is 2. The molecule has 2 heterocycles. The minimum Gasteiger partial charge on any atom is -0.399 e. The second-order valence-electron chi connectivity index (χ2n) is 4.49. The van der Waals surface area contributed by atoms with E-state index >= 15 is 0 Å². The fourth-order valence-electron chi connectivity index (χ4n) is 2.25. The van der Waals surface area contributed by atoms with Crippen molar-refractivity contribution in [2.24, 2.45) is 5.92 Å². The summed E-state index contributed by atoms with van der Waals surface area (Å²) in [4.78, 5) is 17.9. The molecule has 1 aliphatic rings. The zero-order valence-electron chi connectivity index (χ0n) is 9.84. The number of hydrogen-bond acceptors (Lipinski definition) is 4. The van der Waals surface area contributed by atoms with Gasteiger partial charge in [-0.25, -0.2) is 0 Å². The Hall–Kier alpha value is -1.62. The van der Waals surface area contributed by atoms with E-state index in [9.17, 15) is 9.90 Å². The van der Waals surface area contributed by atoms with Crippen LogP contribution in [0.2, 0.25) is 0 Å². The summed E-state index contributed by atoms with van der Waals surface area (Å²) in [6.07, 6.45) is 2.44. The van der Waals surface area contributed by atoms with Crippen LogP contribution in [0.3, 0.4) is 0 Å². The highest BCUT2D eigenvalue weighted by molar-refractivity contribution is 5.93. The number of aliphatic hydroxyl groups is 1. The number of hydrogen-bond donors (Lipinski definition) is 2. The maximum atomic E-state index is 12.2. The van der Waals surface area contributed by atoms with E-state index in [-0.39, 0.29) is 18.6 Å². The van der Waals surface area contributed by atoms with Gasteiger partial charge in [-0.15, -0.1) is 0 Å². The smallest absolute Gasteiger partial charge is 0.272 e. The molecule has 1 amide bonds. The first kappa shape index (κ1) is 11.9. The van der Waals surface area contributed by atoms with Crippen molar-refractivity contribution < 1.29 is 9.90 Å². The summed E-state index contributed by atoms with van der Waals surface area (Å²) in [7, 11) is 0. The Bertz CT molecular complexity index is 422. The molecule has 1 saturated heterocycles. The van der Waals surface area contributed by atoms with Crippen molar-refractivity contribution in [1.82, 2.24) is 9.88 Å². The van der Waals surface area contributed by atoms with Gasteiger partial charge in [0.05, 0.1) is 12.6 Å². The predicted octanol–water partition coefficient (Wildman–Crippen LogP) is 0.507. The number of carbonyl (C=O) groups excluding carboxylic acids is 1. The van der Waals surface area contributed by atoms with Gasteiger partial charge in [-0.1, -0.05) is 6.92 Å². The summed E-state index contributed by atoms with van der Waals surface area (Å²) in [6, 6.07) is 3.11. The number of nitrogens with zero attached hydrogens (tertiary/aromatic N) is 2. The Morgan fingerprint density at radius 2 is 2.47 bits per heavy atom. The van der Waals surface area contributed by atoms with E-state index in [0.29, 0.717) is 23.8 Å². The maximum absolute atomic E-state index is 12.2. The number of likely N-dealkylation sites (tertiary alicyclic amines) is 1. The lowest BCUT2D eigenvalue weighted by Gasteiger charge is -2.24. The number of anilines is 1. The van der Waals surface area contributed by atoms with Gasteiger partial charge in [-0.2, -0.15) is 0 Å². The summed E-state index contributed by atoms with van der Waals surface area (Å²) in [5.41, 5.74) is 6.50. The SMILES string of the molecule is CC1CCN(C(=O)c2cc(N)ccn2)C1CO. The topological polar surface area (TPSA) is 79.5 Å². The van der Waals surface area contributed by atoms with Crippen LogP contribution in [-0.4, -0.2) is 40.1 Å². The standard InChI is InChI=1S/C12H17N3O2/c1-8-3-5-15(11(8)7-16)12(17)10-6-9(13)2-4-14-10/h2,4,6,8,11,16H,3,5,7H2,1H3,(H2,13,14). The number of aliphatic hydroxyl groups excluding tert-OH is 1. The molecular formula is C12H17N3O2. The zero-order chi connectivity index (χ0) is 12.4. The molecule has 1 fully saturated rings. The fraction of sp³-hybridized carbons (Fsp3) is 0.500. The summed E-state index contributed by atoms with van der Waals surface area (Å²) in [6.45, 7) is 2.71. The third-order valence-electron chi connectivity index (χ3n) is 3.33. The number of pyridine rings is 1. The van der Waals surface area contributed by atoms with E-state index in [4.69, 9.17) is 5.73 Å². The van der Waals surface area contributed by atoms with Gasteiger partial charge in [-0.3, -0.25) is 9.78 Å². The molecule has 1 aliphatic heterocycles. The first-order chi connectivity index (χ1) is 8.13. The van der Waals surface area contributed by atoms with Crippen molar-refractivity contribution in [2.45, 2.75) is 19.4 Å². The Morgan fingerprint density at radius 3 is 3.12 bits per heavy atom. The lowest BCUT2D eigenvalue weighted by molar-refractivity contribution is 0.0642. The molecule has 2 rings (SSSR count). The lowest BCUT2D eigenvalue weighted by Crippen LogP contribution is -2.40. The average molecular weight is 235 g/mol. The van der Waals surface area contributed by atoms with Crippen LogP contribution in [-0.2, 0) is 0 Å². The third kappa shape index (κ3) is 2.24. The summed E-state index contributed by atoms with van der Waals surface area (Å²) >= 11 is 0. The highest BCUT2D eigenvalue weighted by Gasteiger charge is 2.34. The lowest BCUT2D eigenvalue weighted by atomic mass is 10.0. The van der Waals surface area contributed by atoms with Crippen LogP contribution in [0, 0.1) is 5.92 Å². The van der Waals surface area contributed by atoms with Crippen LogP contribution in [0.15, 0.2) is 18.3 Å². The van der Waals surface area contributed by atoms with Crippen molar-refractivity contribution in [3.63, 3.8) is 0 Å². The van der Waals surface area contributed by atoms with E-state index in [1.807, 2.05) is 6.92 Å². The average Bonchev–Trinajstić information content (AvgIpc) is 2.69. The van der Waals surface area contributed by atoms with Gasteiger partial charge in [0.15, 0.2) is 0 Å². The van der Waals surface area contributed by atoms with Gasteiger partial charge in [0.2, 0.25) is 0 Å². The molecule has 0 radical (unpaired) electrons. The maximum Gasteiger partial charge on any atom is 0.272 e. The highest BCUT2D eigenvalue weighted by Crippen LogP contribution is 2.25. The molecule has 92 valence electrons. The zero-order valence-corrected chi connectivity index (χ0v) is 9.84. The van der Waals surface area contributed by atoms with Crippen LogP contribution in [0.1, 0.15) is 23.8 Å². The highest BCUT2D eigenvalue weighted by atomic mass is 16.3. The molecule has 1 aromatic heterocycles. The van der Waals surface area contributed by atoms with E-state index in [2.05, 4.69) is 4.98 Å². The van der Waals surface area contributed by atoms with Gasteiger partial charge in [0.25, 0.3) is 5.91 Å². The second-order valence-corrected chi connectivity index (χ2v) is 4.49. The van der Waals surface area contributed by atoms with Crippen LogP contribution in [0.25, 0.3) is 0 Å². The van der Waals surface area contributed by atoms with E-state index < -0.39 is 0 Å². The van der Waals surface area contributed by atoms with Gasteiger partial charge in [0, 0.05) is 18.4 Å². The molecule has 1 aromatic rings. The Morgan fingerprint density at radius 1 is 1.71 bits per heavy atom. The van der Waals surface area contributed by atoms with Crippen LogP contribution < -0.4 is 5.73 Å². The van der Waals surface area contributed by atoms with Crippen molar-refractivity contribution in [3.05, 3.63) is 24.0 Å². The Labute approximate surface area is 100 Å².